The molecule has 2 bridgehead atoms. The van der Waals surface area contributed by atoms with Gasteiger partial charge in [-0.1, -0.05) is 55.8 Å². The lowest BCUT2D eigenvalue weighted by Gasteiger charge is -2.46. The second-order valence-electron chi connectivity index (χ2n) is 13.5. The molecule has 4 N–H and O–H groups in total. The molecule has 0 saturated heterocycles. The first-order valence-corrected chi connectivity index (χ1v) is 17.1. The molecule has 3 aromatic rings. The van der Waals surface area contributed by atoms with E-state index in [0.29, 0.717) is 49.3 Å². The number of ketones is 1. The lowest BCUT2D eigenvalue weighted by atomic mass is 9.64. The van der Waals surface area contributed by atoms with Crippen LogP contribution in [-0.2, 0) is 6.42 Å². The van der Waals surface area contributed by atoms with E-state index in [1.54, 1.807) is 0 Å². The van der Waals surface area contributed by atoms with Crippen LogP contribution in [0.15, 0.2) is 60.2 Å². The first-order chi connectivity index (χ1) is 21.1. The van der Waals surface area contributed by atoms with Crippen molar-refractivity contribution in [1.82, 2.24) is 4.90 Å². The van der Waals surface area contributed by atoms with Crippen LogP contribution in [0.5, 0.6) is 0 Å². The summed E-state index contributed by atoms with van der Waals surface area (Å²) in [6.07, 6.45) is 6.60. The molecule has 238 valence electrons. The van der Waals surface area contributed by atoms with Crippen LogP contribution < -0.4 is 0 Å². The van der Waals surface area contributed by atoms with Crippen molar-refractivity contribution in [1.29, 1.82) is 0 Å². The Morgan fingerprint density at radius 2 is 1.93 bits per heavy atom. The summed E-state index contributed by atoms with van der Waals surface area (Å²) in [6.45, 7) is 7.50. The number of aliphatic hydroxyl groups excluding tert-OH is 3. The van der Waals surface area contributed by atoms with Gasteiger partial charge in [0.25, 0.3) is 0 Å². The number of carbonyl (C=O) groups is 1. The van der Waals surface area contributed by atoms with E-state index in [2.05, 4.69) is 43.9 Å². The maximum Gasteiger partial charge on any atom is 0.203 e. The lowest BCUT2D eigenvalue weighted by molar-refractivity contribution is -0.0891. The van der Waals surface area contributed by atoms with E-state index in [0.717, 1.165) is 53.3 Å². The molecule has 44 heavy (non-hydrogen) atoms. The van der Waals surface area contributed by atoms with Crippen LogP contribution >= 0.6 is 11.3 Å². The molecule has 3 aliphatic rings. The number of aliphatic hydroxyl groups is 4. The van der Waals surface area contributed by atoms with Crippen molar-refractivity contribution in [2.75, 3.05) is 26.2 Å². The first kappa shape index (κ1) is 33.0. The molecule has 3 aliphatic carbocycles. The van der Waals surface area contributed by atoms with Gasteiger partial charge in [-0.3, -0.25) is 9.69 Å². The van der Waals surface area contributed by atoms with Crippen LogP contribution in [0.4, 0.5) is 0 Å². The monoisotopic (exact) mass is 619 g/mol. The minimum Gasteiger partial charge on any atom is -0.394 e. The molecule has 0 amide bonds. The van der Waals surface area contributed by atoms with Crippen LogP contribution in [0, 0.1) is 5.41 Å². The summed E-state index contributed by atoms with van der Waals surface area (Å²) in [6, 6.07) is 16.2. The number of nitrogens with zero attached hydrogens (tertiary/aromatic N) is 1. The van der Waals surface area contributed by atoms with Crippen LogP contribution in [0.1, 0.15) is 98.0 Å². The minimum absolute atomic E-state index is 0.00292. The number of carbonyl (C=O) groups excluding carboxylic acids is 1. The van der Waals surface area contributed by atoms with E-state index >= 15 is 0 Å². The van der Waals surface area contributed by atoms with E-state index < -0.39 is 23.2 Å². The molecule has 1 fully saturated rings. The third kappa shape index (κ3) is 6.88. The highest BCUT2D eigenvalue weighted by atomic mass is 32.1. The number of fused-ring (bicyclic) bond motifs is 9. The van der Waals surface area contributed by atoms with Crippen LogP contribution in [0.2, 0.25) is 0 Å². The number of thiophene rings is 1. The Labute approximate surface area is 266 Å². The number of hydrogen-bond donors (Lipinski definition) is 4. The van der Waals surface area contributed by atoms with Crippen molar-refractivity contribution < 1.29 is 25.2 Å². The summed E-state index contributed by atoms with van der Waals surface area (Å²) in [5, 5.41) is 44.4. The fourth-order valence-electron chi connectivity index (χ4n) is 7.70. The average molecular weight is 620 g/mol. The van der Waals surface area contributed by atoms with Gasteiger partial charge in [0.15, 0.2) is 0 Å². The Hall–Kier alpha value is -2.39. The Kier molecular flexibility index (Phi) is 10.4. The predicted octanol–water partition coefficient (Wildman–Crippen LogP) is 6.24. The van der Waals surface area contributed by atoms with Gasteiger partial charge < -0.3 is 20.4 Å². The summed E-state index contributed by atoms with van der Waals surface area (Å²) in [4.78, 5) is 17.2. The van der Waals surface area contributed by atoms with E-state index in [4.69, 9.17) is 0 Å². The van der Waals surface area contributed by atoms with Crippen LogP contribution in [-0.4, -0.2) is 75.2 Å². The van der Waals surface area contributed by atoms with Crippen molar-refractivity contribution in [3.05, 3.63) is 81.7 Å². The zero-order valence-corrected chi connectivity index (χ0v) is 27.3. The Morgan fingerprint density at radius 1 is 1.14 bits per heavy atom. The topological polar surface area (TPSA) is 101 Å². The number of benzene rings is 2. The number of allylic oxidation sites excluding steroid dienone is 2. The van der Waals surface area contributed by atoms with E-state index in [9.17, 15) is 25.2 Å². The highest BCUT2D eigenvalue weighted by Crippen LogP contribution is 2.59. The molecular formula is C37H49NO5S. The van der Waals surface area contributed by atoms with Crippen molar-refractivity contribution in [2.45, 2.75) is 95.9 Å². The van der Waals surface area contributed by atoms with Gasteiger partial charge in [0.2, 0.25) is 5.78 Å². The highest BCUT2D eigenvalue weighted by molar-refractivity contribution is 7.21. The summed E-state index contributed by atoms with van der Waals surface area (Å²) < 4.78 is 1.08. The molecule has 1 heterocycles. The Balaban J connectivity index is 1.60. The maximum atomic E-state index is 14.4. The fraction of sp³-hybridized carbons (Fsp3) is 0.541. The molecule has 0 aliphatic heterocycles. The smallest absolute Gasteiger partial charge is 0.203 e. The average Bonchev–Trinajstić information content (AvgIpc) is 3.54. The molecule has 7 heteroatoms. The van der Waals surface area contributed by atoms with Gasteiger partial charge in [-0.2, -0.15) is 0 Å². The van der Waals surface area contributed by atoms with Crippen LogP contribution in [0.3, 0.4) is 0 Å². The zero-order valence-electron chi connectivity index (χ0n) is 26.5. The molecule has 5 unspecified atom stereocenters. The fourth-order valence-corrected chi connectivity index (χ4v) is 8.72. The zero-order chi connectivity index (χ0) is 31.5. The molecule has 0 spiro atoms. The van der Waals surface area contributed by atoms with Gasteiger partial charge in [0.1, 0.15) is 0 Å². The molecule has 5 atom stereocenters. The van der Waals surface area contributed by atoms with Gasteiger partial charge in [-0.05, 0) is 105 Å². The molecule has 6 rings (SSSR count). The highest BCUT2D eigenvalue weighted by Gasteiger charge is 2.57. The normalized spacial score (nSPS) is 26.9. The lowest BCUT2D eigenvalue weighted by Crippen LogP contribution is -2.54. The largest absolute Gasteiger partial charge is 0.394 e. The molecule has 0 radical (unpaired) electrons. The van der Waals surface area contributed by atoms with E-state index in [-0.39, 0.29) is 18.3 Å². The second-order valence-corrected chi connectivity index (χ2v) is 14.6. The SMILES string of the molecule is CCCN(CC(O)CO)CC1(O)CCC2c3ccc(cc3C(=O)c3cc4ccccc4s3)CC(O)CCC(C)=CCCC21C. The molecule has 6 nitrogen and oxygen atoms in total. The Bertz CT molecular complexity index is 1450. The van der Waals surface area contributed by atoms with E-state index in [1.165, 1.54) is 16.9 Å². The second kappa shape index (κ2) is 13.9. The number of hydrogen-bond acceptors (Lipinski definition) is 7. The van der Waals surface area contributed by atoms with Gasteiger partial charge in [0.05, 0.1) is 29.3 Å². The standard InChI is InChI=1S/C37H49NO5S/c1-4-18-38(22-29(41)23-39)24-37(43)17-15-32-30-14-12-26(19-28(40)13-11-25(2)8-7-16-36(32,37)3)20-31(30)35(42)34-21-27-9-5-6-10-33(27)44-34/h5-6,8-10,12,14,20-21,28-29,32,39-41,43H,4,7,11,13,15-19,22-24H2,1-3H3. The summed E-state index contributed by atoms with van der Waals surface area (Å²) >= 11 is 1.51. The molecule has 2 aromatic carbocycles. The summed E-state index contributed by atoms with van der Waals surface area (Å²) in [7, 11) is 0. The van der Waals surface area contributed by atoms with Gasteiger partial charge in [-0.25, -0.2) is 0 Å². The molecule has 1 aromatic heterocycles. The third-order valence-electron chi connectivity index (χ3n) is 10.3. The minimum atomic E-state index is -1.05. The van der Waals surface area contributed by atoms with Crippen molar-refractivity contribution in [3.63, 3.8) is 0 Å². The van der Waals surface area contributed by atoms with Gasteiger partial charge >= 0.3 is 0 Å². The van der Waals surface area contributed by atoms with Crippen molar-refractivity contribution in [2.24, 2.45) is 5.41 Å². The Morgan fingerprint density at radius 3 is 2.68 bits per heavy atom. The van der Waals surface area contributed by atoms with Crippen molar-refractivity contribution >= 4 is 27.2 Å². The van der Waals surface area contributed by atoms with Gasteiger partial charge in [-0.15, -0.1) is 11.3 Å². The maximum absolute atomic E-state index is 14.4. The number of rotatable bonds is 9. The quantitative estimate of drug-likeness (QED) is 0.167. The van der Waals surface area contributed by atoms with Crippen molar-refractivity contribution in [3.8, 4) is 0 Å². The predicted molar refractivity (Wildman–Crippen MR) is 178 cm³/mol. The van der Waals surface area contributed by atoms with Crippen LogP contribution in [0.25, 0.3) is 10.1 Å². The summed E-state index contributed by atoms with van der Waals surface area (Å²) in [5.74, 6) is -0.0560. The first-order valence-electron chi connectivity index (χ1n) is 16.3. The molecular weight excluding hydrogens is 570 g/mol. The molecule has 1 saturated carbocycles. The van der Waals surface area contributed by atoms with Gasteiger partial charge in [0, 0.05) is 28.8 Å². The third-order valence-corrected chi connectivity index (χ3v) is 11.4. The summed E-state index contributed by atoms with van der Waals surface area (Å²) in [5.41, 5.74) is 2.25. The van der Waals surface area contributed by atoms with E-state index in [1.807, 2.05) is 36.4 Å².